The van der Waals surface area contributed by atoms with Crippen LogP contribution in [0.2, 0.25) is 0 Å². The molecule has 31 heavy (non-hydrogen) atoms. The molecule has 0 unspecified atom stereocenters. The zero-order valence-electron chi connectivity index (χ0n) is 18.0. The van der Waals surface area contributed by atoms with E-state index in [0.29, 0.717) is 39.9 Å². The lowest BCUT2D eigenvalue weighted by Crippen LogP contribution is -2.26. The van der Waals surface area contributed by atoms with Crippen LogP contribution in [0.3, 0.4) is 0 Å². The third kappa shape index (κ3) is 4.58. The summed E-state index contributed by atoms with van der Waals surface area (Å²) in [5.74, 6) is 1.57. The summed E-state index contributed by atoms with van der Waals surface area (Å²) in [6, 6.07) is 8.13. The summed E-state index contributed by atoms with van der Waals surface area (Å²) < 4.78 is 32.3. The average molecular weight is 428 g/mol. The number of hydrogen-bond donors (Lipinski definition) is 0. The van der Waals surface area contributed by atoms with Crippen molar-refractivity contribution in [1.29, 1.82) is 0 Å². The molecule has 0 radical (unpaired) electrons. The smallest absolute Gasteiger partial charge is 0.347 e. The topological polar surface area (TPSA) is 89.5 Å². The van der Waals surface area contributed by atoms with Gasteiger partial charge in [-0.25, -0.2) is 4.79 Å². The SMILES string of the molecule is CCOC(=O)[C@@H](C)Oc1ccc2c(c1)OC(=Cc1cc(OC)c(OC)cc1OC)C2=O. The summed E-state index contributed by atoms with van der Waals surface area (Å²) in [4.78, 5) is 24.6. The van der Waals surface area contributed by atoms with Crippen molar-refractivity contribution in [2.24, 2.45) is 0 Å². The first kappa shape index (κ1) is 22.0. The molecule has 8 heteroatoms. The van der Waals surface area contributed by atoms with Crippen molar-refractivity contribution in [2.45, 2.75) is 20.0 Å². The zero-order valence-corrected chi connectivity index (χ0v) is 18.0. The summed E-state index contributed by atoms with van der Waals surface area (Å²) in [6.45, 7) is 3.58. The van der Waals surface area contributed by atoms with Crippen molar-refractivity contribution in [2.75, 3.05) is 27.9 Å². The molecular formula is C23H24O8. The van der Waals surface area contributed by atoms with Crippen LogP contribution in [0.4, 0.5) is 0 Å². The highest BCUT2D eigenvalue weighted by Crippen LogP contribution is 2.39. The second kappa shape index (κ2) is 9.42. The summed E-state index contributed by atoms with van der Waals surface area (Å²) in [6.07, 6.45) is 0.784. The van der Waals surface area contributed by atoms with Gasteiger partial charge in [0, 0.05) is 17.7 Å². The Labute approximate surface area is 180 Å². The summed E-state index contributed by atoms with van der Waals surface area (Å²) in [7, 11) is 4.56. The van der Waals surface area contributed by atoms with E-state index in [9.17, 15) is 9.59 Å². The Hall–Kier alpha value is -3.68. The Balaban J connectivity index is 1.87. The molecule has 1 atom stereocenters. The predicted octanol–water partition coefficient (Wildman–Crippen LogP) is 3.66. The Kier molecular flexibility index (Phi) is 6.69. The van der Waals surface area contributed by atoms with E-state index >= 15 is 0 Å². The van der Waals surface area contributed by atoms with Gasteiger partial charge in [-0.15, -0.1) is 0 Å². The molecule has 164 valence electrons. The van der Waals surface area contributed by atoms with Gasteiger partial charge in [-0.2, -0.15) is 0 Å². The monoisotopic (exact) mass is 428 g/mol. The molecule has 0 spiro atoms. The van der Waals surface area contributed by atoms with E-state index in [1.54, 1.807) is 50.3 Å². The number of ether oxygens (including phenoxy) is 6. The van der Waals surface area contributed by atoms with Crippen molar-refractivity contribution in [3.8, 4) is 28.7 Å². The van der Waals surface area contributed by atoms with E-state index in [1.807, 2.05) is 0 Å². The minimum Gasteiger partial charge on any atom is -0.496 e. The van der Waals surface area contributed by atoms with Crippen LogP contribution in [0.5, 0.6) is 28.7 Å². The van der Waals surface area contributed by atoms with Crippen LogP contribution >= 0.6 is 0 Å². The molecule has 8 nitrogen and oxygen atoms in total. The van der Waals surface area contributed by atoms with E-state index in [1.165, 1.54) is 21.3 Å². The standard InChI is InChI=1S/C23H24O8/c1-6-29-23(25)13(2)30-15-7-8-16-18(11-15)31-21(22(16)24)10-14-9-19(27-4)20(28-5)12-17(14)26-3/h7-13H,6H2,1-5H3/t13-/m1/s1. The molecule has 3 rings (SSSR count). The van der Waals surface area contributed by atoms with Crippen LogP contribution in [-0.4, -0.2) is 45.8 Å². The van der Waals surface area contributed by atoms with Crippen LogP contribution in [0.15, 0.2) is 36.1 Å². The maximum absolute atomic E-state index is 12.8. The summed E-state index contributed by atoms with van der Waals surface area (Å²) >= 11 is 0. The van der Waals surface area contributed by atoms with Gasteiger partial charge < -0.3 is 28.4 Å². The Morgan fingerprint density at radius 3 is 2.35 bits per heavy atom. The number of fused-ring (bicyclic) bond motifs is 1. The van der Waals surface area contributed by atoms with Crippen LogP contribution in [0, 0.1) is 0 Å². The van der Waals surface area contributed by atoms with Crippen molar-refractivity contribution < 1.29 is 38.0 Å². The number of methoxy groups -OCH3 is 3. The summed E-state index contributed by atoms with van der Waals surface area (Å²) in [5, 5.41) is 0. The number of carbonyl (C=O) groups is 2. The molecule has 0 aliphatic carbocycles. The number of hydrogen-bond acceptors (Lipinski definition) is 8. The van der Waals surface area contributed by atoms with Crippen molar-refractivity contribution in [3.05, 3.63) is 47.2 Å². The molecule has 1 heterocycles. The van der Waals surface area contributed by atoms with Gasteiger partial charge >= 0.3 is 5.97 Å². The fourth-order valence-electron chi connectivity index (χ4n) is 3.06. The lowest BCUT2D eigenvalue weighted by Gasteiger charge is -2.13. The molecule has 0 bridgehead atoms. The minimum absolute atomic E-state index is 0.121. The molecule has 1 aliphatic heterocycles. The second-order valence-electron chi connectivity index (χ2n) is 6.56. The third-order valence-corrected chi connectivity index (χ3v) is 4.60. The predicted molar refractivity (Wildman–Crippen MR) is 112 cm³/mol. The summed E-state index contributed by atoms with van der Waals surface area (Å²) in [5.41, 5.74) is 0.977. The van der Waals surface area contributed by atoms with E-state index < -0.39 is 12.1 Å². The molecule has 0 saturated carbocycles. The average Bonchev–Trinajstić information content (AvgIpc) is 3.08. The van der Waals surface area contributed by atoms with Gasteiger partial charge in [0.1, 0.15) is 17.2 Å². The van der Waals surface area contributed by atoms with E-state index in [-0.39, 0.29) is 18.1 Å². The molecule has 0 aromatic heterocycles. The highest BCUT2D eigenvalue weighted by atomic mass is 16.6. The minimum atomic E-state index is -0.791. The molecular weight excluding hydrogens is 404 g/mol. The molecule has 2 aromatic carbocycles. The van der Waals surface area contributed by atoms with Gasteiger partial charge in [-0.3, -0.25) is 4.79 Å². The number of carbonyl (C=O) groups excluding carboxylic acids is 2. The Bertz CT molecular complexity index is 1020. The van der Waals surface area contributed by atoms with Crippen LogP contribution in [-0.2, 0) is 9.53 Å². The largest absolute Gasteiger partial charge is 0.496 e. The molecule has 0 amide bonds. The fraction of sp³-hybridized carbons (Fsp3) is 0.304. The highest BCUT2D eigenvalue weighted by Gasteiger charge is 2.29. The van der Waals surface area contributed by atoms with E-state index in [2.05, 4.69) is 0 Å². The zero-order chi connectivity index (χ0) is 22.5. The Morgan fingerprint density at radius 2 is 1.71 bits per heavy atom. The fourth-order valence-corrected chi connectivity index (χ4v) is 3.06. The number of allylic oxidation sites excluding steroid dienone is 1. The molecule has 0 saturated heterocycles. The molecule has 1 aliphatic rings. The highest BCUT2D eigenvalue weighted by molar-refractivity contribution is 6.14. The first-order valence-corrected chi connectivity index (χ1v) is 9.63. The molecule has 0 N–H and O–H groups in total. The third-order valence-electron chi connectivity index (χ3n) is 4.60. The normalized spacial score (nSPS) is 14.5. The number of Topliss-reactive ketones (excluding diaryl/α,β-unsaturated/α-hetero) is 1. The van der Waals surface area contributed by atoms with Crippen molar-refractivity contribution >= 4 is 17.8 Å². The first-order chi connectivity index (χ1) is 14.9. The Morgan fingerprint density at radius 1 is 1.03 bits per heavy atom. The van der Waals surface area contributed by atoms with Gasteiger partial charge in [0.2, 0.25) is 5.78 Å². The van der Waals surface area contributed by atoms with Crippen molar-refractivity contribution in [1.82, 2.24) is 0 Å². The van der Waals surface area contributed by atoms with Crippen LogP contribution < -0.4 is 23.7 Å². The van der Waals surface area contributed by atoms with Gasteiger partial charge in [0.25, 0.3) is 0 Å². The van der Waals surface area contributed by atoms with Gasteiger partial charge in [-0.05, 0) is 38.1 Å². The maximum atomic E-state index is 12.8. The number of ketones is 1. The van der Waals surface area contributed by atoms with Crippen molar-refractivity contribution in [3.63, 3.8) is 0 Å². The van der Waals surface area contributed by atoms with E-state index in [0.717, 1.165) is 0 Å². The van der Waals surface area contributed by atoms with Crippen LogP contribution in [0.1, 0.15) is 29.8 Å². The number of esters is 1. The number of benzene rings is 2. The lowest BCUT2D eigenvalue weighted by atomic mass is 10.1. The second-order valence-corrected chi connectivity index (χ2v) is 6.56. The molecule has 0 fully saturated rings. The first-order valence-electron chi connectivity index (χ1n) is 9.63. The maximum Gasteiger partial charge on any atom is 0.347 e. The van der Waals surface area contributed by atoms with Gasteiger partial charge in [-0.1, -0.05) is 0 Å². The number of rotatable bonds is 8. The lowest BCUT2D eigenvalue weighted by molar-refractivity contribution is -0.150. The quantitative estimate of drug-likeness (QED) is 0.465. The van der Waals surface area contributed by atoms with Gasteiger partial charge in [0.05, 0.1) is 33.5 Å². The molecule has 2 aromatic rings. The van der Waals surface area contributed by atoms with E-state index in [4.69, 9.17) is 28.4 Å². The van der Waals surface area contributed by atoms with Gasteiger partial charge in [0.15, 0.2) is 23.4 Å². The van der Waals surface area contributed by atoms with Crippen LogP contribution in [0.25, 0.3) is 6.08 Å².